The molecule has 0 unspecified atom stereocenters. The highest BCUT2D eigenvalue weighted by Crippen LogP contribution is 2.21. The summed E-state index contributed by atoms with van der Waals surface area (Å²) >= 11 is 0. The summed E-state index contributed by atoms with van der Waals surface area (Å²) in [5.74, 6) is -0.668. The van der Waals surface area contributed by atoms with E-state index in [0.717, 1.165) is 0 Å². The number of aromatic nitrogens is 2. The number of esters is 1. The number of carbonyl (C=O) groups excluding carboxylic acids is 1. The van der Waals surface area contributed by atoms with Crippen LogP contribution in [0.4, 0.5) is 0 Å². The van der Waals surface area contributed by atoms with Crippen LogP contribution in [0.25, 0.3) is 0 Å². The molecule has 0 N–H and O–H groups in total. The molecule has 0 spiro atoms. The Balaban J connectivity index is 2.34. The lowest BCUT2D eigenvalue weighted by Gasteiger charge is -2.08. The Morgan fingerprint density at radius 1 is 1.33 bits per heavy atom. The van der Waals surface area contributed by atoms with Gasteiger partial charge in [-0.05, 0) is 36.8 Å². The fraction of sp³-hybridized carbons (Fsp3) is 0.286. The first kappa shape index (κ1) is 15.2. The van der Waals surface area contributed by atoms with Crippen LogP contribution in [-0.4, -0.2) is 31.3 Å². The molecule has 0 radical (unpaired) electrons. The maximum absolute atomic E-state index is 12.4. The van der Waals surface area contributed by atoms with Gasteiger partial charge in [0.05, 0.1) is 29.0 Å². The zero-order valence-electron chi connectivity index (χ0n) is 12.0. The monoisotopic (exact) mass is 308 g/mol. The number of nitrogens with zero attached hydrogens (tertiary/aromatic N) is 2. The van der Waals surface area contributed by atoms with Crippen molar-refractivity contribution < 1.29 is 17.9 Å². The number of benzene rings is 1. The molecule has 0 fully saturated rings. The van der Waals surface area contributed by atoms with Crippen molar-refractivity contribution in [2.75, 3.05) is 7.11 Å². The predicted molar refractivity (Wildman–Crippen MR) is 76.6 cm³/mol. The Morgan fingerprint density at radius 2 is 2.05 bits per heavy atom. The molecule has 6 nitrogen and oxygen atoms in total. The zero-order chi connectivity index (χ0) is 15.6. The van der Waals surface area contributed by atoms with Crippen molar-refractivity contribution >= 4 is 15.8 Å². The van der Waals surface area contributed by atoms with Crippen molar-refractivity contribution in [2.45, 2.75) is 17.6 Å². The molecule has 7 heteroatoms. The van der Waals surface area contributed by atoms with Crippen LogP contribution in [0.3, 0.4) is 0 Å². The maximum Gasteiger partial charge on any atom is 0.337 e. The lowest BCUT2D eigenvalue weighted by Crippen LogP contribution is -2.09. The van der Waals surface area contributed by atoms with E-state index in [1.54, 1.807) is 30.9 Å². The molecule has 0 aliphatic heterocycles. The van der Waals surface area contributed by atoms with Crippen LogP contribution in [-0.2, 0) is 27.4 Å². The van der Waals surface area contributed by atoms with Gasteiger partial charge in [-0.25, -0.2) is 13.2 Å². The number of sulfone groups is 1. The average molecular weight is 308 g/mol. The molecule has 2 aromatic rings. The summed E-state index contributed by atoms with van der Waals surface area (Å²) in [5, 5.41) is 4.07. The van der Waals surface area contributed by atoms with Crippen LogP contribution in [0.5, 0.6) is 0 Å². The number of rotatable bonds is 4. The molecule has 1 heterocycles. The summed E-state index contributed by atoms with van der Waals surface area (Å²) in [5.41, 5.74) is 1.31. The van der Waals surface area contributed by atoms with E-state index >= 15 is 0 Å². The minimum absolute atomic E-state index is 0.174. The van der Waals surface area contributed by atoms with Crippen molar-refractivity contribution in [3.63, 3.8) is 0 Å². The van der Waals surface area contributed by atoms with Gasteiger partial charge in [-0.2, -0.15) is 5.10 Å². The number of carbonyl (C=O) groups is 1. The second-order valence-electron chi connectivity index (χ2n) is 4.71. The lowest BCUT2D eigenvalue weighted by molar-refractivity contribution is 0.0600. The summed E-state index contributed by atoms with van der Waals surface area (Å²) in [6.45, 7) is 1.65. The molecule has 0 saturated carbocycles. The van der Waals surface area contributed by atoms with Gasteiger partial charge in [-0.3, -0.25) is 4.68 Å². The molecular formula is C14H16N2O4S. The first-order valence-corrected chi connectivity index (χ1v) is 7.89. The van der Waals surface area contributed by atoms with Crippen LogP contribution >= 0.6 is 0 Å². The summed E-state index contributed by atoms with van der Waals surface area (Å²) in [6, 6.07) is 6.05. The Morgan fingerprint density at radius 3 is 2.57 bits per heavy atom. The van der Waals surface area contributed by atoms with E-state index in [1.165, 1.54) is 25.3 Å². The van der Waals surface area contributed by atoms with E-state index in [9.17, 15) is 13.2 Å². The van der Waals surface area contributed by atoms with E-state index < -0.39 is 15.8 Å². The standard InChI is InChI=1S/C14H16N2O4S/c1-10-8-11(14(17)20-3)4-5-13(10)21(18,19)9-12-6-7-16(2)15-12/h4-8H,9H2,1-3H3. The number of hydrogen-bond donors (Lipinski definition) is 0. The van der Waals surface area contributed by atoms with E-state index in [4.69, 9.17) is 0 Å². The van der Waals surface area contributed by atoms with Crippen molar-refractivity contribution in [1.82, 2.24) is 9.78 Å². The molecule has 0 aliphatic rings. The van der Waals surface area contributed by atoms with Gasteiger partial charge in [0.1, 0.15) is 0 Å². The van der Waals surface area contributed by atoms with E-state index in [2.05, 4.69) is 9.84 Å². The van der Waals surface area contributed by atoms with Gasteiger partial charge in [0, 0.05) is 13.2 Å². The quantitative estimate of drug-likeness (QED) is 0.800. The molecule has 1 aromatic heterocycles. The summed E-state index contributed by atoms with van der Waals surface area (Å²) in [7, 11) is -0.498. The van der Waals surface area contributed by atoms with E-state index in [-0.39, 0.29) is 10.6 Å². The van der Waals surface area contributed by atoms with Crippen molar-refractivity contribution in [3.05, 3.63) is 47.3 Å². The highest BCUT2D eigenvalue weighted by Gasteiger charge is 2.20. The number of ether oxygens (including phenoxy) is 1. The molecule has 0 saturated heterocycles. The SMILES string of the molecule is COC(=O)c1ccc(S(=O)(=O)Cc2ccn(C)n2)c(C)c1. The Hall–Kier alpha value is -2.15. The molecule has 2 rings (SSSR count). The van der Waals surface area contributed by atoms with Crippen molar-refractivity contribution in [1.29, 1.82) is 0 Å². The van der Waals surface area contributed by atoms with Crippen LogP contribution in [0.1, 0.15) is 21.6 Å². The van der Waals surface area contributed by atoms with E-state index in [1.807, 2.05) is 0 Å². The minimum atomic E-state index is -3.51. The minimum Gasteiger partial charge on any atom is -0.465 e. The molecule has 0 aliphatic carbocycles. The average Bonchev–Trinajstić information content (AvgIpc) is 2.81. The van der Waals surface area contributed by atoms with E-state index in [0.29, 0.717) is 16.8 Å². The first-order chi connectivity index (χ1) is 9.83. The molecule has 112 valence electrons. The zero-order valence-corrected chi connectivity index (χ0v) is 12.8. The topological polar surface area (TPSA) is 78.3 Å². The smallest absolute Gasteiger partial charge is 0.337 e. The maximum atomic E-state index is 12.4. The third-order valence-corrected chi connectivity index (χ3v) is 4.84. The normalized spacial score (nSPS) is 11.4. The third-order valence-electron chi connectivity index (χ3n) is 3.04. The van der Waals surface area contributed by atoms with Crippen molar-refractivity contribution in [3.8, 4) is 0 Å². The van der Waals surface area contributed by atoms with Crippen LogP contribution in [0, 0.1) is 6.92 Å². The molecule has 0 bridgehead atoms. The Labute approximate surface area is 123 Å². The molecule has 1 aromatic carbocycles. The number of methoxy groups -OCH3 is 1. The van der Waals surface area contributed by atoms with Gasteiger partial charge < -0.3 is 4.74 Å². The van der Waals surface area contributed by atoms with Crippen LogP contribution in [0.15, 0.2) is 35.4 Å². The highest BCUT2D eigenvalue weighted by molar-refractivity contribution is 7.90. The fourth-order valence-corrected chi connectivity index (χ4v) is 3.58. The second-order valence-corrected chi connectivity index (χ2v) is 6.67. The van der Waals surface area contributed by atoms with Gasteiger partial charge in [0.15, 0.2) is 9.84 Å². The van der Waals surface area contributed by atoms with Crippen LogP contribution < -0.4 is 0 Å². The molecule has 21 heavy (non-hydrogen) atoms. The lowest BCUT2D eigenvalue weighted by atomic mass is 10.1. The molecular weight excluding hydrogens is 292 g/mol. The molecule has 0 atom stereocenters. The van der Waals surface area contributed by atoms with Gasteiger partial charge >= 0.3 is 5.97 Å². The van der Waals surface area contributed by atoms with Gasteiger partial charge in [0.25, 0.3) is 0 Å². The largest absolute Gasteiger partial charge is 0.465 e. The van der Waals surface area contributed by atoms with Gasteiger partial charge in [-0.1, -0.05) is 0 Å². The van der Waals surface area contributed by atoms with Gasteiger partial charge in [0.2, 0.25) is 0 Å². The number of hydrogen-bond acceptors (Lipinski definition) is 5. The first-order valence-electron chi connectivity index (χ1n) is 6.24. The van der Waals surface area contributed by atoms with Crippen LogP contribution in [0.2, 0.25) is 0 Å². The Bertz CT molecular complexity index is 778. The Kier molecular flexibility index (Phi) is 4.13. The summed E-state index contributed by atoms with van der Waals surface area (Å²) in [6.07, 6.45) is 1.69. The molecule has 0 amide bonds. The summed E-state index contributed by atoms with van der Waals surface area (Å²) in [4.78, 5) is 11.6. The highest BCUT2D eigenvalue weighted by atomic mass is 32.2. The van der Waals surface area contributed by atoms with Gasteiger partial charge in [-0.15, -0.1) is 0 Å². The predicted octanol–water partition coefficient (Wildman–Crippen LogP) is 1.49. The second kappa shape index (κ2) is 5.69. The fourth-order valence-electron chi connectivity index (χ4n) is 2.06. The van der Waals surface area contributed by atoms with Crippen molar-refractivity contribution in [2.24, 2.45) is 7.05 Å². The third kappa shape index (κ3) is 3.30. The summed E-state index contributed by atoms with van der Waals surface area (Å²) < 4.78 is 31.0. The number of aryl methyl sites for hydroxylation is 2.